The number of benzene rings is 2. The molecule has 0 spiro atoms. The van der Waals surface area contributed by atoms with Gasteiger partial charge in [0.2, 0.25) is 0 Å². The molecule has 178 valence electrons. The van der Waals surface area contributed by atoms with Gasteiger partial charge in [-0.25, -0.2) is 0 Å². The van der Waals surface area contributed by atoms with E-state index in [1.807, 2.05) is 12.1 Å². The van der Waals surface area contributed by atoms with Crippen LogP contribution in [0.1, 0.15) is 63.8 Å². The lowest BCUT2D eigenvalue weighted by Gasteiger charge is -2.31. The lowest BCUT2D eigenvalue weighted by Crippen LogP contribution is -2.38. The second-order valence-corrected chi connectivity index (χ2v) is 11.8. The van der Waals surface area contributed by atoms with Crippen LogP contribution in [0.15, 0.2) is 41.3 Å². The summed E-state index contributed by atoms with van der Waals surface area (Å²) in [6.45, 7) is 13.5. The number of ether oxygens (including phenoxy) is 1. The van der Waals surface area contributed by atoms with Gasteiger partial charge in [0.05, 0.1) is 17.1 Å². The Hall–Kier alpha value is -3.06. The summed E-state index contributed by atoms with van der Waals surface area (Å²) in [5.41, 5.74) is 4.82. The number of hydrogen-bond acceptors (Lipinski definition) is 5. The highest BCUT2D eigenvalue weighted by molar-refractivity contribution is 8.18. The first-order valence-electron chi connectivity index (χ1n) is 11.3. The SMILES string of the molecule is CC(C)(C)c1cc(CN2C(=O)COc3ccc(/C=C4\SC(=O)NC4=O)cc32)cc(C(C)(C)C)c1. The molecular weight excluding hydrogens is 448 g/mol. The monoisotopic (exact) mass is 478 g/mol. The van der Waals surface area contributed by atoms with Crippen LogP contribution in [0.25, 0.3) is 6.08 Å². The number of hydrogen-bond donors (Lipinski definition) is 1. The van der Waals surface area contributed by atoms with Gasteiger partial charge in [0.15, 0.2) is 6.61 Å². The van der Waals surface area contributed by atoms with E-state index in [4.69, 9.17) is 4.74 Å². The molecule has 2 aliphatic heterocycles. The normalized spacial score (nSPS) is 17.6. The third kappa shape index (κ3) is 5.04. The molecule has 7 heteroatoms. The van der Waals surface area contributed by atoms with E-state index in [1.54, 1.807) is 17.0 Å². The molecule has 0 saturated carbocycles. The maximum absolute atomic E-state index is 12.9. The zero-order chi connectivity index (χ0) is 24.8. The van der Waals surface area contributed by atoms with E-state index < -0.39 is 5.91 Å². The third-order valence-corrected chi connectivity index (χ3v) is 6.74. The first-order chi connectivity index (χ1) is 15.8. The quantitative estimate of drug-likeness (QED) is 0.587. The Morgan fingerprint density at radius 3 is 2.18 bits per heavy atom. The van der Waals surface area contributed by atoms with Gasteiger partial charge in [-0.3, -0.25) is 19.7 Å². The summed E-state index contributed by atoms with van der Waals surface area (Å²) in [5.74, 6) is 0.0777. The molecule has 0 aromatic heterocycles. The summed E-state index contributed by atoms with van der Waals surface area (Å²) in [6.07, 6.45) is 1.65. The van der Waals surface area contributed by atoms with Crippen LogP contribution < -0.4 is 15.0 Å². The molecule has 2 aromatic carbocycles. The molecule has 0 atom stereocenters. The molecule has 1 fully saturated rings. The van der Waals surface area contributed by atoms with E-state index in [0.29, 0.717) is 28.5 Å². The number of carbonyl (C=O) groups excluding carboxylic acids is 3. The highest BCUT2D eigenvalue weighted by Crippen LogP contribution is 2.37. The van der Waals surface area contributed by atoms with E-state index in [-0.39, 0.29) is 28.6 Å². The molecule has 2 heterocycles. The van der Waals surface area contributed by atoms with Gasteiger partial charge < -0.3 is 9.64 Å². The summed E-state index contributed by atoms with van der Waals surface area (Å²) in [4.78, 5) is 38.5. The van der Waals surface area contributed by atoms with Gasteiger partial charge in [-0.15, -0.1) is 0 Å². The highest BCUT2D eigenvalue weighted by Gasteiger charge is 2.29. The lowest BCUT2D eigenvalue weighted by atomic mass is 9.79. The molecular formula is C27H30N2O4S. The molecule has 2 aliphatic rings. The number of fused-ring (bicyclic) bond motifs is 1. The van der Waals surface area contributed by atoms with Crippen LogP contribution in [-0.2, 0) is 27.0 Å². The summed E-state index contributed by atoms with van der Waals surface area (Å²) in [7, 11) is 0. The Morgan fingerprint density at radius 1 is 0.971 bits per heavy atom. The van der Waals surface area contributed by atoms with Crippen molar-refractivity contribution in [2.45, 2.75) is 58.9 Å². The fourth-order valence-corrected chi connectivity index (χ4v) is 4.57. The zero-order valence-corrected chi connectivity index (χ0v) is 21.3. The second-order valence-electron chi connectivity index (χ2n) is 10.8. The predicted octanol–water partition coefficient (Wildman–Crippen LogP) is 5.53. The van der Waals surface area contributed by atoms with Gasteiger partial charge in [0.1, 0.15) is 5.75 Å². The topological polar surface area (TPSA) is 75.7 Å². The van der Waals surface area contributed by atoms with Crippen molar-refractivity contribution >= 4 is 40.6 Å². The van der Waals surface area contributed by atoms with E-state index in [2.05, 4.69) is 65.1 Å². The Bertz CT molecular complexity index is 1190. The van der Waals surface area contributed by atoms with E-state index in [0.717, 1.165) is 17.3 Å². The van der Waals surface area contributed by atoms with Crippen molar-refractivity contribution in [2.24, 2.45) is 0 Å². The Kier molecular flexibility index (Phi) is 6.10. The standard InChI is InChI=1S/C27H30N2O4S/c1-26(2,3)18-9-17(10-19(13-18)27(4,5)6)14-29-20-11-16(7-8-21(20)33-15-23(29)30)12-22-24(31)28-25(32)34-22/h7-13H,14-15H2,1-6H3,(H,28,31,32)/b22-12-. The predicted molar refractivity (Wildman–Crippen MR) is 136 cm³/mol. The van der Waals surface area contributed by atoms with Crippen molar-refractivity contribution < 1.29 is 19.1 Å². The first kappa shape index (κ1) is 24.1. The highest BCUT2D eigenvalue weighted by atomic mass is 32.2. The van der Waals surface area contributed by atoms with Crippen LogP contribution in [0.5, 0.6) is 5.75 Å². The number of imide groups is 1. The molecule has 0 unspecified atom stereocenters. The van der Waals surface area contributed by atoms with Crippen molar-refractivity contribution in [1.29, 1.82) is 0 Å². The number of nitrogens with one attached hydrogen (secondary N) is 1. The molecule has 34 heavy (non-hydrogen) atoms. The number of thioether (sulfide) groups is 1. The average molecular weight is 479 g/mol. The van der Waals surface area contributed by atoms with Gasteiger partial charge in [0.25, 0.3) is 17.1 Å². The van der Waals surface area contributed by atoms with Crippen molar-refractivity contribution in [2.75, 3.05) is 11.5 Å². The van der Waals surface area contributed by atoms with Crippen LogP contribution in [0, 0.1) is 0 Å². The summed E-state index contributed by atoms with van der Waals surface area (Å²) >= 11 is 0.867. The average Bonchev–Trinajstić information content (AvgIpc) is 3.05. The van der Waals surface area contributed by atoms with Crippen molar-refractivity contribution in [1.82, 2.24) is 5.32 Å². The van der Waals surface area contributed by atoms with Gasteiger partial charge in [-0.2, -0.15) is 0 Å². The maximum atomic E-state index is 12.9. The molecule has 4 rings (SSSR count). The lowest BCUT2D eigenvalue weighted by molar-refractivity contribution is -0.121. The largest absolute Gasteiger partial charge is 0.482 e. The van der Waals surface area contributed by atoms with Gasteiger partial charge in [-0.1, -0.05) is 65.8 Å². The fourth-order valence-electron chi connectivity index (χ4n) is 3.89. The maximum Gasteiger partial charge on any atom is 0.290 e. The third-order valence-electron chi connectivity index (χ3n) is 5.93. The van der Waals surface area contributed by atoms with Crippen LogP contribution in [-0.4, -0.2) is 23.7 Å². The van der Waals surface area contributed by atoms with Gasteiger partial charge >= 0.3 is 0 Å². The van der Waals surface area contributed by atoms with Crippen molar-refractivity contribution in [3.63, 3.8) is 0 Å². The van der Waals surface area contributed by atoms with Crippen molar-refractivity contribution in [3.05, 3.63) is 63.6 Å². The molecule has 0 bridgehead atoms. The summed E-state index contributed by atoms with van der Waals surface area (Å²) < 4.78 is 5.67. The molecule has 1 saturated heterocycles. The summed E-state index contributed by atoms with van der Waals surface area (Å²) in [6, 6.07) is 12.0. The minimum atomic E-state index is -0.411. The molecule has 0 aliphatic carbocycles. The molecule has 1 N–H and O–H groups in total. The van der Waals surface area contributed by atoms with Crippen LogP contribution in [0.4, 0.5) is 10.5 Å². The first-order valence-corrected chi connectivity index (χ1v) is 12.1. The minimum absolute atomic E-state index is 0.0225. The summed E-state index contributed by atoms with van der Waals surface area (Å²) in [5, 5.41) is 1.87. The van der Waals surface area contributed by atoms with Crippen LogP contribution in [0.2, 0.25) is 0 Å². The number of amides is 3. The van der Waals surface area contributed by atoms with Crippen molar-refractivity contribution in [3.8, 4) is 5.75 Å². The molecule has 2 aromatic rings. The number of rotatable bonds is 3. The van der Waals surface area contributed by atoms with E-state index in [1.165, 1.54) is 11.1 Å². The number of carbonyl (C=O) groups is 3. The molecule has 3 amide bonds. The molecule has 0 radical (unpaired) electrons. The molecule has 6 nitrogen and oxygen atoms in total. The zero-order valence-electron chi connectivity index (χ0n) is 20.4. The second kappa shape index (κ2) is 8.62. The van der Waals surface area contributed by atoms with Gasteiger partial charge in [0, 0.05) is 0 Å². The van der Waals surface area contributed by atoms with Crippen LogP contribution >= 0.6 is 11.8 Å². The number of anilines is 1. The van der Waals surface area contributed by atoms with E-state index in [9.17, 15) is 14.4 Å². The Balaban J connectivity index is 1.73. The van der Waals surface area contributed by atoms with Crippen LogP contribution in [0.3, 0.4) is 0 Å². The smallest absolute Gasteiger partial charge is 0.290 e. The van der Waals surface area contributed by atoms with E-state index >= 15 is 0 Å². The van der Waals surface area contributed by atoms with Gasteiger partial charge in [-0.05, 0) is 63.1 Å². The number of nitrogens with zero attached hydrogens (tertiary/aromatic N) is 1. The Labute approximate surface area is 204 Å². The Morgan fingerprint density at radius 2 is 1.62 bits per heavy atom. The minimum Gasteiger partial charge on any atom is -0.482 e. The fraction of sp³-hybridized carbons (Fsp3) is 0.370.